The van der Waals surface area contributed by atoms with Crippen LogP contribution < -0.4 is 14.9 Å². The number of hydrogen-bond acceptors (Lipinski definition) is 7. The van der Waals surface area contributed by atoms with Crippen LogP contribution in [0.15, 0.2) is 28.6 Å². The molecule has 0 fully saturated rings. The zero-order chi connectivity index (χ0) is 21.2. The zero-order valence-electron chi connectivity index (χ0n) is 17.1. The van der Waals surface area contributed by atoms with Crippen molar-refractivity contribution in [3.63, 3.8) is 0 Å². The molecule has 8 nitrogen and oxygen atoms in total. The van der Waals surface area contributed by atoms with Gasteiger partial charge in [-0.2, -0.15) is 0 Å². The Labute approximate surface area is 175 Å². The largest absolute Gasteiger partial charge is 0.368 e. The van der Waals surface area contributed by atoms with Gasteiger partial charge in [0.25, 0.3) is 10.0 Å². The van der Waals surface area contributed by atoms with Crippen molar-refractivity contribution < 1.29 is 13.2 Å². The summed E-state index contributed by atoms with van der Waals surface area (Å²) in [7, 11) is -3.76. The van der Waals surface area contributed by atoms with Gasteiger partial charge in [-0.25, -0.2) is 13.1 Å². The highest BCUT2D eigenvalue weighted by molar-refractivity contribution is 7.91. The van der Waals surface area contributed by atoms with Crippen LogP contribution in [0.4, 0.5) is 10.8 Å². The molecule has 0 saturated heterocycles. The molecule has 29 heavy (non-hydrogen) atoms. The topological polar surface area (TPSA) is 104 Å². The van der Waals surface area contributed by atoms with Gasteiger partial charge in [0.2, 0.25) is 15.4 Å². The molecule has 0 aliphatic carbocycles. The lowest BCUT2D eigenvalue weighted by Gasteiger charge is -2.24. The van der Waals surface area contributed by atoms with Crippen LogP contribution in [-0.2, 0) is 21.2 Å². The Morgan fingerprint density at radius 1 is 1.28 bits per heavy atom. The predicted octanol–water partition coefficient (Wildman–Crippen LogP) is 2.64. The summed E-state index contributed by atoms with van der Waals surface area (Å²) in [6.07, 6.45) is 1.68. The first-order valence-corrected chi connectivity index (χ1v) is 11.9. The third kappa shape index (κ3) is 5.12. The van der Waals surface area contributed by atoms with Gasteiger partial charge in [-0.05, 0) is 31.4 Å². The van der Waals surface area contributed by atoms with Gasteiger partial charge < -0.3 is 10.2 Å². The molecule has 10 heteroatoms. The highest BCUT2D eigenvalue weighted by Crippen LogP contribution is 2.31. The maximum atomic E-state index is 12.5. The molecule has 1 aliphatic rings. The van der Waals surface area contributed by atoms with Crippen molar-refractivity contribution in [1.29, 1.82) is 0 Å². The number of nitrogens with one attached hydrogen (secondary N) is 2. The normalized spacial score (nSPS) is 16.7. The summed E-state index contributed by atoms with van der Waals surface area (Å²) < 4.78 is 27.3. The van der Waals surface area contributed by atoms with Crippen LogP contribution in [-0.4, -0.2) is 43.7 Å². The van der Waals surface area contributed by atoms with Gasteiger partial charge in [-0.1, -0.05) is 50.3 Å². The van der Waals surface area contributed by atoms with Crippen molar-refractivity contribution in [3.8, 4) is 0 Å². The van der Waals surface area contributed by atoms with Gasteiger partial charge in [-0.15, -0.1) is 10.2 Å². The van der Waals surface area contributed by atoms with E-state index in [9.17, 15) is 13.2 Å². The van der Waals surface area contributed by atoms with E-state index in [4.69, 9.17) is 0 Å². The Kier molecular flexibility index (Phi) is 6.25. The lowest BCUT2D eigenvalue weighted by atomic mass is 9.96. The lowest BCUT2D eigenvalue weighted by Crippen LogP contribution is -2.33. The standard InChI is InChI=1S/C19H27N5O3S2/c1-13-12-14-8-5-6-9-15(14)24(13)11-7-10-20-29(26,27)18-23-22-17(28-18)21-16(25)19(2,3)4/h5-6,8-9,13,20H,7,10-12H2,1-4H3,(H,21,22,25). The summed E-state index contributed by atoms with van der Waals surface area (Å²) in [4.78, 5) is 14.3. The molecule has 0 radical (unpaired) electrons. The molecule has 1 aliphatic heterocycles. The van der Waals surface area contributed by atoms with E-state index in [1.165, 1.54) is 11.3 Å². The monoisotopic (exact) mass is 437 g/mol. The fourth-order valence-corrected chi connectivity index (χ4v) is 5.15. The van der Waals surface area contributed by atoms with Crippen LogP contribution >= 0.6 is 11.3 Å². The number of aromatic nitrogens is 2. The van der Waals surface area contributed by atoms with Gasteiger partial charge in [0.05, 0.1) is 0 Å². The number of anilines is 2. The van der Waals surface area contributed by atoms with E-state index >= 15 is 0 Å². The van der Waals surface area contributed by atoms with E-state index in [0.29, 0.717) is 19.0 Å². The number of benzene rings is 1. The molecule has 1 unspecified atom stereocenters. The van der Waals surface area contributed by atoms with E-state index in [1.54, 1.807) is 20.8 Å². The van der Waals surface area contributed by atoms with Crippen LogP contribution in [0.1, 0.15) is 39.7 Å². The molecule has 0 spiro atoms. The molecule has 3 rings (SSSR count). The minimum absolute atomic E-state index is 0.151. The number of nitrogens with zero attached hydrogens (tertiary/aromatic N) is 3. The fourth-order valence-electron chi connectivity index (χ4n) is 3.14. The summed E-state index contributed by atoms with van der Waals surface area (Å²) in [5, 5.41) is 10.3. The average Bonchev–Trinajstić information content (AvgIpc) is 3.22. The molecule has 2 heterocycles. The Hall–Kier alpha value is -2.04. The first kappa shape index (κ1) is 21.7. The highest BCUT2D eigenvalue weighted by Gasteiger charge is 2.26. The zero-order valence-corrected chi connectivity index (χ0v) is 18.7. The van der Waals surface area contributed by atoms with Gasteiger partial charge in [0.1, 0.15) is 0 Å². The summed E-state index contributed by atoms with van der Waals surface area (Å²) in [6, 6.07) is 8.72. The third-order valence-electron chi connectivity index (χ3n) is 4.75. The van der Waals surface area contributed by atoms with Crippen LogP contribution in [0.2, 0.25) is 0 Å². The number of hydrogen-bond donors (Lipinski definition) is 2. The van der Waals surface area contributed by atoms with Crippen molar-refractivity contribution in [3.05, 3.63) is 29.8 Å². The van der Waals surface area contributed by atoms with Crippen molar-refractivity contribution in [2.24, 2.45) is 5.41 Å². The summed E-state index contributed by atoms with van der Waals surface area (Å²) in [6.45, 7) is 8.55. The molecule has 0 bridgehead atoms. The molecule has 2 aromatic rings. The van der Waals surface area contributed by atoms with E-state index in [0.717, 1.165) is 24.3 Å². The summed E-state index contributed by atoms with van der Waals surface area (Å²) >= 11 is 0.844. The quantitative estimate of drug-likeness (QED) is 0.510. The van der Waals surface area contributed by atoms with Crippen molar-refractivity contribution in [1.82, 2.24) is 14.9 Å². The molecule has 1 aromatic carbocycles. The Bertz CT molecular complexity index is 982. The van der Waals surface area contributed by atoms with E-state index in [1.807, 2.05) is 12.1 Å². The maximum absolute atomic E-state index is 12.5. The van der Waals surface area contributed by atoms with Crippen LogP contribution in [0.3, 0.4) is 0 Å². The average molecular weight is 438 g/mol. The van der Waals surface area contributed by atoms with Gasteiger partial charge in [0, 0.05) is 30.2 Å². The molecular formula is C19H27N5O3S2. The first-order valence-electron chi connectivity index (χ1n) is 9.57. The molecule has 158 valence electrons. The van der Waals surface area contributed by atoms with Gasteiger partial charge >= 0.3 is 0 Å². The Morgan fingerprint density at radius 2 is 2.00 bits per heavy atom. The van der Waals surface area contributed by atoms with E-state index in [2.05, 4.69) is 44.2 Å². The number of carbonyl (C=O) groups is 1. The minimum Gasteiger partial charge on any atom is -0.368 e. The number of fused-ring (bicyclic) bond motifs is 1. The van der Waals surface area contributed by atoms with E-state index < -0.39 is 15.4 Å². The molecular weight excluding hydrogens is 410 g/mol. The van der Waals surface area contributed by atoms with Crippen LogP contribution in [0.25, 0.3) is 0 Å². The van der Waals surface area contributed by atoms with Crippen molar-refractivity contribution >= 4 is 38.1 Å². The van der Waals surface area contributed by atoms with Crippen LogP contribution in [0, 0.1) is 5.41 Å². The number of amides is 1. The number of rotatable bonds is 7. The summed E-state index contributed by atoms with van der Waals surface area (Å²) in [5.74, 6) is -0.245. The number of para-hydroxylation sites is 1. The molecule has 0 saturated carbocycles. The predicted molar refractivity (Wildman–Crippen MR) is 115 cm³/mol. The van der Waals surface area contributed by atoms with Gasteiger partial charge in [0.15, 0.2) is 0 Å². The first-order chi connectivity index (χ1) is 13.6. The SMILES string of the molecule is CC1Cc2ccccc2N1CCCNS(=O)(=O)c1nnc(NC(=O)C(C)(C)C)s1. The van der Waals surface area contributed by atoms with Crippen molar-refractivity contribution in [2.75, 3.05) is 23.3 Å². The Morgan fingerprint density at radius 3 is 2.72 bits per heavy atom. The number of sulfonamides is 1. The molecule has 1 amide bonds. The lowest BCUT2D eigenvalue weighted by molar-refractivity contribution is -0.123. The maximum Gasteiger partial charge on any atom is 0.269 e. The second kappa shape index (κ2) is 8.37. The van der Waals surface area contributed by atoms with Crippen molar-refractivity contribution in [2.45, 2.75) is 50.9 Å². The van der Waals surface area contributed by atoms with E-state index in [-0.39, 0.29) is 15.4 Å². The highest BCUT2D eigenvalue weighted by atomic mass is 32.2. The molecule has 2 N–H and O–H groups in total. The van der Waals surface area contributed by atoms with Crippen LogP contribution in [0.5, 0.6) is 0 Å². The molecule has 1 aromatic heterocycles. The Balaban J connectivity index is 1.53. The smallest absolute Gasteiger partial charge is 0.269 e. The second-order valence-corrected chi connectivity index (χ2v) is 11.1. The molecule has 1 atom stereocenters. The second-order valence-electron chi connectivity index (χ2n) is 8.20. The summed E-state index contributed by atoms with van der Waals surface area (Å²) in [5.41, 5.74) is 1.96. The minimum atomic E-state index is -3.76. The third-order valence-corrected chi connectivity index (χ3v) is 7.42. The van der Waals surface area contributed by atoms with Gasteiger partial charge in [-0.3, -0.25) is 4.79 Å². The fraction of sp³-hybridized carbons (Fsp3) is 0.526. The number of carbonyl (C=O) groups excluding carboxylic acids is 1.